The fourth-order valence-corrected chi connectivity index (χ4v) is 3.35. The van der Waals surface area contributed by atoms with Crippen LogP contribution in [0, 0.1) is 0 Å². The molecule has 1 amide bonds. The number of carbonyl (C=O) groups excluding carboxylic acids is 1. The van der Waals surface area contributed by atoms with E-state index in [2.05, 4.69) is 10.1 Å². The molecule has 1 saturated heterocycles. The first-order valence-electron chi connectivity index (χ1n) is 7.90. The summed E-state index contributed by atoms with van der Waals surface area (Å²) in [5, 5.41) is 4.39. The number of aromatic nitrogens is 2. The lowest BCUT2D eigenvalue weighted by atomic mass is 10.1. The van der Waals surface area contributed by atoms with Crippen molar-refractivity contribution in [2.24, 2.45) is 0 Å². The minimum atomic E-state index is -0.175. The minimum Gasteiger partial charge on any atom is -0.454 e. The van der Waals surface area contributed by atoms with Crippen molar-refractivity contribution in [1.82, 2.24) is 15.0 Å². The Labute approximate surface area is 143 Å². The Morgan fingerprint density at radius 1 is 1.42 bits per heavy atom. The quantitative estimate of drug-likeness (QED) is 0.847. The van der Waals surface area contributed by atoms with Crippen LogP contribution in [0.2, 0.25) is 5.02 Å². The Morgan fingerprint density at radius 2 is 2.29 bits per heavy atom. The van der Waals surface area contributed by atoms with Crippen molar-refractivity contribution >= 4 is 17.5 Å². The van der Waals surface area contributed by atoms with Crippen LogP contribution < -0.4 is 9.47 Å². The summed E-state index contributed by atoms with van der Waals surface area (Å²) in [5.74, 6) is 1.99. The summed E-state index contributed by atoms with van der Waals surface area (Å²) < 4.78 is 15.8. The normalized spacial score (nSPS) is 19.1. The maximum absolute atomic E-state index is 12.9. The lowest BCUT2D eigenvalue weighted by Gasteiger charge is -2.22. The molecule has 24 heavy (non-hydrogen) atoms. The van der Waals surface area contributed by atoms with E-state index in [9.17, 15) is 4.79 Å². The molecule has 8 heteroatoms. The molecule has 2 aromatic rings. The Kier molecular flexibility index (Phi) is 3.80. The number of amides is 1. The summed E-state index contributed by atoms with van der Waals surface area (Å²) in [6, 6.07) is 3.10. The maximum Gasteiger partial charge on any atom is 0.254 e. The molecule has 0 N–H and O–H groups in total. The number of benzene rings is 1. The average molecular weight is 350 g/mol. The zero-order valence-corrected chi connectivity index (χ0v) is 13.9. The Bertz CT molecular complexity index is 792. The van der Waals surface area contributed by atoms with Gasteiger partial charge in [-0.2, -0.15) is 4.98 Å². The lowest BCUT2D eigenvalue weighted by molar-refractivity contribution is 0.0728. The van der Waals surface area contributed by atoms with Crippen LogP contribution in [0.4, 0.5) is 0 Å². The van der Waals surface area contributed by atoms with Crippen molar-refractivity contribution in [1.29, 1.82) is 0 Å². The van der Waals surface area contributed by atoms with Crippen molar-refractivity contribution in [3.63, 3.8) is 0 Å². The second-order valence-corrected chi connectivity index (χ2v) is 6.16. The summed E-state index contributed by atoms with van der Waals surface area (Å²) in [7, 11) is 0. The standard InChI is InChI=1S/C16H16ClN3O4/c1-2-13-18-15(19-24-13)11-4-3-5-20(11)16(21)9-6-10(17)14-12(7-9)22-8-23-14/h6-7,11H,2-5,8H2,1H3/t11-/m0/s1. The van der Waals surface area contributed by atoms with Gasteiger partial charge in [0.1, 0.15) is 0 Å². The van der Waals surface area contributed by atoms with Crippen LogP contribution in [0.1, 0.15) is 47.9 Å². The van der Waals surface area contributed by atoms with E-state index in [1.54, 1.807) is 17.0 Å². The fourth-order valence-electron chi connectivity index (χ4n) is 3.08. The van der Waals surface area contributed by atoms with Gasteiger partial charge < -0.3 is 18.9 Å². The van der Waals surface area contributed by atoms with Crippen molar-refractivity contribution < 1.29 is 18.8 Å². The molecule has 2 aliphatic heterocycles. The first kappa shape index (κ1) is 15.3. The predicted molar refractivity (Wildman–Crippen MR) is 84.3 cm³/mol. The number of nitrogens with zero attached hydrogens (tertiary/aromatic N) is 3. The van der Waals surface area contributed by atoms with Crippen LogP contribution in [0.25, 0.3) is 0 Å². The van der Waals surface area contributed by atoms with Crippen LogP contribution in [-0.2, 0) is 6.42 Å². The van der Waals surface area contributed by atoms with Gasteiger partial charge in [0.05, 0.1) is 11.1 Å². The molecule has 3 heterocycles. The molecule has 0 saturated carbocycles. The van der Waals surface area contributed by atoms with Crippen LogP contribution in [0.15, 0.2) is 16.7 Å². The summed E-state index contributed by atoms with van der Waals surface area (Å²) in [6.45, 7) is 2.71. The van der Waals surface area contributed by atoms with Crippen molar-refractivity contribution in [2.45, 2.75) is 32.2 Å². The highest BCUT2D eigenvalue weighted by molar-refractivity contribution is 6.32. The Balaban J connectivity index is 1.62. The zero-order valence-electron chi connectivity index (χ0n) is 13.1. The molecular formula is C16H16ClN3O4. The highest BCUT2D eigenvalue weighted by Gasteiger charge is 2.34. The van der Waals surface area contributed by atoms with E-state index in [0.717, 1.165) is 12.8 Å². The van der Waals surface area contributed by atoms with E-state index >= 15 is 0 Å². The summed E-state index contributed by atoms with van der Waals surface area (Å²) >= 11 is 6.19. The first-order chi connectivity index (χ1) is 11.7. The van der Waals surface area contributed by atoms with E-state index in [-0.39, 0.29) is 18.7 Å². The molecule has 0 bridgehead atoms. The maximum atomic E-state index is 12.9. The number of fused-ring (bicyclic) bond motifs is 1. The van der Waals surface area contributed by atoms with Gasteiger partial charge in [-0.05, 0) is 25.0 Å². The van der Waals surface area contributed by atoms with E-state index in [0.29, 0.717) is 46.8 Å². The lowest BCUT2D eigenvalue weighted by Crippen LogP contribution is -2.31. The number of ether oxygens (including phenoxy) is 2. The van der Waals surface area contributed by atoms with E-state index in [1.807, 2.05) is 6.92 Å². The molecule has 4 rings (SSSR count). The molecule has 2 aliphatic rings. The third-order valence-corrected chi connectivity index (χ3v) is 4.55. The van der Waals surface area contributed by atoms with Crippen LogP contribution >= 0.6 is 11.6 Å². The Morgan fingerprint density at radius 3 is 3.08 bits per heavy atom. The monoisotopic (exact) mass is 349 g/mol. The zero-order chi connectivity index (χ0) is 16.7. The average Bonchev–Trinajstić information content (AvgIpc) is 3.32. The van der Waals surface area contributed by atoms with Crippen LogP contribution in [0.3, 0.4) is 0 Å². The van der Waals surface area contributed by atoms with Gasteiger partial charge in [0.2, 0.25) is 12.7 Å². The van der Waals surface area contributed by atoms with Crippen molar-refractivity contribution in [2.75, 3.05) is 13.3 Å². The molecule has 1 fully saturated rings. The smallest absolute Gasteiger partial charge is 0.254 e. The van der Waals surface area contributed by atoms with Gasteiger partial charge >= 0.3 is 0 Å². The number of hydrogen-bond donors (Lipinski definition) is 0. The summed E-state index contributed by atoms with van der Waals surface area (Å²) in [5.41, 5.74) is 0.468. The second kappa shape index (κ2) is 5.98. The summed E-state index contributed by atoms with van der Waals surface area (Å²) in [4.78, 5) is 19.1. The van der Waals surface area contributed by atoms with Crippen LogP contribution in [0.5, 0.6) is 11.5 Å². The number of carbonyl (C=O) groups is 1. The third kappa shape index (κ3) is 2.49. The molecular weight excluding hydrogens is 334 g/mol. The van der Waals surface area contributed by atoms with Gasteiger partial charge in [-0.15, -0.1) is 0 Å². The first-order valence-corrected chi connectivity index (χ1v) is 8.27. The molecule has 0 aliphatic carbocycles. The van der Waals surface area contributed by atoms with Gasteiger partial charge in [0.15, 0.2) is 17.3 Å². The van der Waals surface area contributed by atoms with Crippen molar-refractivity contribution in [3.05, 3.63) is 34.4 Å². The van der Waals surface area contributed by atoms with Crippen LogP contribution in [-0.4, -0.2) is 34.3 Å². The topological polar surface area (TPSA) is 77.7 Å². The molecule has 0 unspecified atom stereocenters. The number of rotatable bonds is 3. The SMILES string of the molecule is CCc1nc([C@@H]2CCCN2C(=O)c2cc(Cl)c3c(c2)OCO3)no1. The number of hydrogen-bond acceptors (Lipinski definition) is 6. The van der Waals surface area contributed by atoms with E-state index < -0.39 is 0 Å². The van der Waals surface area contributed by atoms with Gasteiger partial charge in [-0.25, -0.2) is 0 Å². The third-order valence-electron chi connectivity index (χ3n) is 4.27. The van der Waals surface area contributed by atoms with E-state index in [4.69, 9.17) is 25.6 Å². The molecule has 1 aromatic heterocycles. The predicted octanol–water partition coefficient (Wildman–Crippen LogP) is 2.99. The van der Waals surface area contributed by atoms with Crippen molar-refractivity contribution in [3.8, 4) is 11.5 Å². The molecule has 1 atom stereocenters. The number of likely N-dealkylation sites (tertiary alicyclic amines) is 1. The second-order valence-electron chi connectivity index (χ2n) is 5.75. The summed E-state index contributed by atoms with van der Waals surface area (Å²) in [6.07, 6.45) is 2.38. The molecule has 1 aromatic carbocycles. The van der Waals surface area contributed by atoms with Gasteiger partial charge in [0, 0.05) is 18.5 Å². The number of halogens is 1. The fraction of sp³-hybridized carbons (Fsp3) is 0.438. The molecule has 7 nitrogen and oxygen atoms in total. The Hall–Kier alpha value is -2.28. The molecule has 0 radical (unpaired) electrons. The minimum absolute atomic E-state index is 0.113. The van der Waals surface area contributed by atoms with Gasteiger partial charge in [-0.3, -0.25) is 4.79 Å². The van der Waals surface area contributed by atoms with Gasteiger partial charge in [-0.1, -0.05) is 23.7 Å². The van der Waals surface area contributed by atoms with Gasteiger partial charge in [0.25, 0.3) is 5.91 Å². The van der Waals surface area contributed by atoms with E-state index in [1.165, 1.54) is 0 Å². The molecule has 0 spiro atoms. The highest BCUT2D eigenvalue weighted by atomic mass is 35.5. The largest absolute Gasteiger partial charge is 0.454 e. The number of aryl methyl sites for hydroxylation is 1. The highest BCUT2D eigenvalue weighted by Crippen LogP contribution is 2.41. The molecule has 126 valence electrons.